The molecule has 0 N–H and O–H groups in total. The number of aryl methyl sites for hydroxylation is 1. The average molecular weight is 621 g/mol. The first-order valence-corrected chi connectivity index (χ1v) is 14.7. The number of rotatable bonds is 6. The van der Waals surface area contributed by atoms with E-state index in [1.165, 1.54) is 35.1 Å². The van der Waals surface area contributed by atoms with Crippen molar-refractivity contribution in [3.05, 3.63) is 165 Å². The van der Waals surface area contributed by atoms with Crippen LogP contribution in [0.1, 0.15) is 34.7 Å². The number of ether oxygens (including phenoxy) is 1. The predicted octanol–water partition coefficient (Wildman–Crippen LogP) is 6.07. The summed E-state index contributed by atoms with van der Waals surface area (Å²) in [5.74, 6) is -0.226. The molecule has 222 valence electrons. The van der Waals surface area contributed by atoms with E-state index in [-0.39, 0.29) is 22.9 Å². The molecule has 4 aromatic carbocycles. The van der Waals surface area contributed by atoms with Crippen LogP contribution in [0.4, 0.5) is 15.8 Å². The molecule has 1 atom stereocenters. The first kappa shape index (κ1) is 28.0. The van der Waals surface area contributed by atoms with Crippen LogP contribution < -0.4 is 19.6 Å². The second-order valence-corrected chi connectivity index (χ2v) is 11.5. The van der Waals surface area contributed by atoms with Crippen LogP contribution in [0.25, 0.3) is 11.8 Å². The zero-order valence-corrected chi connectivity index (χ0v) is 24.1. The minimum absolute atomic E-state index is 0.141. The first-order valence-electron chi connectivity index (χ1n) is 13.9. The number of nitro groups is 2. The van der Waals surface area contributed by atoms with E-state index < -0.39 is 27.3 Å². The van der Waals surface area contributed by atoms with E-state index in [4.69, 9.17) is 9.73 Å². The Morgan fingerprint density at radius 1 is 0.933 bits per heavy atom. The summed E-state index contributed by atoms with van der Waals surface area (Å²) in [6, 6.07) is 23.6. The number of halogens is 1. The summed E-state index contributed by atoms with van der Waals surface area (Å²) >= 11 is 1.26. The molecule has 7 rings (SSSR count). The lowest BCUT2D eigenvalue weighted by molar-refractivity contribution is -0.394. The minimum Gasteiger partial charge on any atom is -0.450 e. The number of non-ortho nitro benzene ring substituents is 1. The van der Waals surface area contributed by atoms with Gasteiger partial charge in [-0.1, -0.05) is 59.9 Å². The smallest absolute Gasteiger partial charge is 0.318 e. The Morgan fingerprint density at radius 2 is 1.69 bits per heavy atom. The van der Waals surface area contributed by atoms with E-state index >= 15 is 0 Å². The molecule has 0 radical (unpaired) electrons. The molecule has 0 fully saturated rings. The third kappa shape index (κ3) is 5.10. The summed E-state index contributed by atoms with van der Waals surface area (Å²) in [5.41, 5.74) is 4.40. The van der Waals surface area contributed by atoms with Crippen LogP contribution in [-0.2, 0) is 6.42 Å². The zero-order chi connectivity index (χ0) is 31.2. The summed E-state index contributed by atoms with van der Waals surface area (Å²) in [7, 11) is 0. The summed E-state index contributed by atoms with van der Waals surface area (Å²) in [5, 5.41) is 22.5. The number of aromatic nitrogens is 1. The van der Waals surface area contributed by atoms with Gasteiger partial charge in [0.1, 0.15) is 11.6 Å². The number of hydrogen-bond acceptors (Lipinski definition) is 8. The maximum Gasteiger partial charge on any atom is 0.318 e. The molecule has 0 amide bonds. The Labute approximate surface area is 257 Å². The molecule has 0 saturated heterocycles. The molecule has 1 aliphatic heterocycles. The lowest BCUT2D eigenvalue weighted by Crippen LogP contribution is -2.38. The highest BCUT2D eigenvalue weighted by Gasteiger charge is 2.32. The molecule has 1 aromatic heterocycles. The van der Waals surface area contributed by atoms with Gasteiger partial charge in [-0.2, -0.15) is 0 Å². The Bertz CT molecular complexity index is 2240. The second-order valence-electron chi connectivity index (χ2n) is 10.5. The van der Waals surface area contributed by atoms with E-state index in [2.05, 4.69) is 6.07 Å². The highest BCUT2D eigenvalue weighted by atomic mass is 32.1. The van der Waals surface area contributed by atoms with Gasteiger partial charge < -0.3 is 4.74 Å². The SMILES string of the molecule is O=c1/c(=C\c2ccc(Oc3ccc([N+](=O)[O-])cc3[N+](=O)[O-])cc2)sc2n1[C@H](c1ccc(F)cc1)C1=C(N=2)c2ccccc2CC1. The maximum atomic E-state index is 13.9. The van der Waals surface area contributed by atoms with Gasteiger partial charge in [0, 0.05) is 11.6 Å². The lowest BCUT2D eigenvalue weighted by Gasteiger charge is -2.30. The standard InChI is InChI=1S/C33H21FN4O6S/c34-22-10-7-21(8-11-22)31-26-15-9-20-3-1-2-4-25(20)30(26)35-33-36(31)32(39)29(45-33)17-19-5-13-24(14-6-19)44-28-16-12-23(37(40)41)18-27(28)38(42)43/h1-8,10-14,16-18,31H,9,15H2/b29-17+/t31-/m1/s1. The third-order valence-electron chi connectivity index (χ3n) is 7.81. The molecule has 2 aliphatic rings. The molecular weight excluding hydrogens is 599 g/mol. The van der Waals surface area contributed by atoms with Crippen molar-refractivity contribution in [2.75, 3.05) is 0 Å². The molecule has 0 saturated carbocycles. The zero-order valence-electron chi connectivity index (χ0n) is 23.3. The Morgan fingerprint density at radius 3 is 2.42 bits per heavy atom. The van der Waals surface area contributed by atoms with Crippen molar-refractivity contribution in [2.24, 2.45) is 4.99 Å². The molecule has 0 spiro atoms. The predicted molar refractivity (Wildman–Crippen MR) is 165 cm³/mol. The number of nitro benzene ring substituents is 2. The number of nitrogens with zero attached hydrogens (tertiary/aromatic N) is 4. The van der Waals surface area contributed by atoms with Gasteiger partial charge in [-0.25, -0.2) is 9.38 Å². The summed E-state index contributed by atoms with van der Waals surface area (Å²) < 4.78 is 21.7. The van der Waals surface area contributed by atoms with Gasteiger partial charge in [0.2, 0.25) is 5.75 Å². The maximum absolute atomic E-state index is 13.9. The van der Waals surface area contributed by atoms with E-state index in [0.717, 1.165) is 41.0 Å². The fraction of sp³-hybridized carbons (Fsp3) is 0.0909. The minimum atomic E-state index is -0.744. The van der Waals surface area contributed by atoms with Crippen LogP contribution in [-0.4, -0.2) is 14.4 Å². The fourth-order valence-corrected chi connectivity index (χ4v) is 6.73. The van der Waals surface area contributed by atoms with Gasteiger partial charge in [0.05, 0.1) is 32.2 Å². The van der Waals surface area contributed by atoms with E-state index in [1.54, 1.807) is 47.0 Å². The van der Waals surface area contributed by atoms with Crippen LogP contribution in [0.2, 0.25) is 0 Å². The molecular formula is C33H21FN4O6S. The lowest BCUT2D eigenvalue weighted by atomic mass is 9.83. The molecule has 5 aromatic rings. The van der Waals surface area contributed by atoms with Crippen LogP contribution in [0, 0.1) is 26.0 Å². The van der Waals surface area contributed by atoms with Crippen LogP contribution in [0.15, 0.2) is 106 Å². The van der Waals surface area contributed by atoms with E-state index in [9.17, 15) is 29.4 Å². The van der Waals surface area contributed by atoms with Crippen molar-refractivity contribution in [2.45, 2.75) is 18.9 Å². The van der Waals surface area contributed by atoms with Crippen molar-refractivity contribution in [1.82, 2.24) is 4.57 Å². The van der Waals surface area contributed by atoms with E-state index in [0.29, 0.717) is 21.3 Å². The number of thiazole rings is 1. The first-order chi connectivity index (χ1) is 21.8. The molecule has 1 aliphatic carbocycles. The van der Waals surface area contributed by atoms with Gasteiger partial charge in [-0.05, 0) is 71.5 Å². The summed E-state index contributed by atoms with van der Waals surface area (Å²) in [6.45, 7) is 0. The van der Waals surface area contributed by atoms with Crippen LogP contribution >= 0.6 is 11.3 Å². The van der Waals surface area contributed by atoms with Crippen molar-refractivity contribution in [3.63, 3.8) is 0 Å². The van der Waals surface area contributed by atoms with Gasteiger partial charge >= 0.3 is 5.69 Å². The van der Waals surface area contributed by atoms with Crippen molar-refractivity contribution in [1.29, 1.82) is 0 Å². The molecule has 2 heterocycles. The topological polar surface area (TPSA) is 130 Å². The highest BCUT2D eigenvalue weighted by molar-refractivity contribution is 7.07. The number of benzene rings is 4. The Kier molecular flexibility index (Phi) is 6.90. The van der Waals surface area contributed by atoms with Crippen LogP contribution in [0.5, 0.6) is 11.5 Å². The van der Waals surface area contributed by atoms with Crippen molar-refractivity contribution in [3.8, 4) is 11.5 Å². The van der Waals surface area contributed by atoms with E-state index in [1.807, 2.05) is 18.2 Å². The highest BCUT2D eigenvalue weighted by Crippen LogP contribution is 2.41. The normalized spacial score (nSPS) is 15.5. The molecule has 0 bridgehead atoms. The van der Waals surface area contributed by atoms with Crippen molar-refractivity contribution < 1.29 is 19.0 Å². The van der Waals surface area contributed by atoms with Crippen molar-refractivity contribution >= 4 is 34.5 Å². The van der Waals surface area contributed by atoms with Gasteiger partial charge in [-0.3, -0.25) is 29.6 Å². The van der Waals surface area contributed by atoms with Crippen LogP contribution in [0.3, 0.4) is 0 Å². The monoisotopic (exact) mass is 620 g/mol. The van der Waals surface area contributed by atoms with Gasteiger partial charge in [-0.15, -0.1) is 0 Å². The quantitative estimate of drug-likeness (QED) is 0.167. The fourth-order valence-electron chi connectivity index (χ4n) is 5.73. The Hall–Kier alpha value is -5.75. The second kappa shape index (κ2) is 11.1. The molecule has 12 heteroatoms. The third-order valence-corrected chi connectivity index (χ3v) is 8.80. The molecule has 10 nitrogen and oxygen atoms in total. The number of fused-ring (bicyclic) bond motifs is 3. The number of hydrogen-bond donors (Lipinski definition) is 0. The molecule has 45 heavy (non-hydrogen) atoms. The summed E-state index contributed by atoms with van der Waals surface area (Å²) in [4.78, 5) is 40.5. The average Bonchev–Trinajstić information content (AvgIpc) is 3.35. The Balaban J connectivity index is 1.27. The number of allylic oxidation sites excluding steroid dienone is 1. The molecule has 0 unspecified atom stereocenters. The summed E-state index contributed by atoms with van der Waals surface area (Å²) in [6.07, 6.45) is 3.26. The van der Waals surface area contributed by atoms with Gasteiger partial charge in [0.25, 0.3) is 11.2 Å². The van der Waals surface area contributed by atoms with Gasteiger partial charge in [0.15, 0.2) is 4.80 Å². The largest absolute Gasteiger partial charge is 0.450 e.